The molecule has 0 bridgehead atoms. The highest BCUT2D eigenvalue weighted by Gasteiger charge is 2.17. The van der Waals surface area contributed by atoms with Crippen molar-refractivity contribution in [1.29, 1.82) is 0 Å². The van der Waals surface area contributed by atoms with Crippen LogP contribution in [0, 0.1) is 0 Å². The minimum atomic E-state index is -0.118. The summed E-state index contributed by atoms with van der Waals surface area (Å²) in [6.45, 7) is 2.03. The number of carbonyl (C=O) groups is 1. The molecule has 21 heavy (non-hydrogen) atoms. The van der Waals surface area contributed by atoms with Gasteiger partial charge in [-0.3, -0.25) is 4.79 Å². The Morgan fingerprint density at radius 3 is 2.48 bits per heavy atom. The van der Waals surface area contributed by atoms with Gasteiger partial charge in [0.05, 0.1) is 13.2 Å². The van der Waals surface area contributed by atoms with E-state index in [0.29, 0.717) is 11.3 Å². The first-order chi connectivity index (χ1) is 10.2. The van der Waals surface area contributed by atoms with Gasteiger partial charge in [-0.2, -0.15) is 0 Å². The number of nitrogens with one attached hydrogen (secondary N) is 1. The second-order valence-corrected chi connectivity index (χ2v) is 4.80. The van der Waals surface area contributed by atoms with Gasteiger partial charge in [0.25, 0.3) is 5.91 Å². The van der Waals surface area contributed by atoms with E-state index >= 15 is 0 Å². The van der Waals surface area contributed by atoms with Crippen molar-refractivity contribution in [3.05, 3.63) is 59.7 Å². The summed E-state index contributed by atoms with van der Waals surface area (Å²) in [7, 11) is 1.63. The van der Waals surface area contributed by atoms with Crippen molar-refractivity contribution in [2.24, 2.45) is 0 Å². The van der Waals surface area contributed by atoms with Gasteiger partial charge in [0.2, 0.25) is 0 Å². The third kappa shape index (κ3) is 3.54. The number of hydrogen-bond acceptors (Lipinski definition) is 3. The van der Waals surface area contributed by atoms with Crippen LogP contribution in [0.5, 0.6) is 5.75 Å². The van der Waals surface area contributed by atoms with Crippen LogP contribution >= 0.6 is 0 Å². The van der Waals surface area contributed by atoms with Gasteiger partial charge in [-0.15, -0.1) is 0 Å². The maximum absolute atomic E-state index is 12.3. The van der Waals surface area contributed by atoms with Gasteiger partial charge in [0.1, 0.15) is 5.75 Å². The summed E-state index contributed by atoms with van der Waals surface area (Å²) in [6.07, 6.45) is 0.779. The fraction of sp³-hybridized carbons (Fsp3) is 0.235. The topological polar surface area (TPSA) is 64.4 Å². The number of anilines is 1. The molecule has 0 aliphatic heterocycles. The Bertz CT molecular complexity index is 608. The van der Waals surface area contributed by atoms with Crippen LogP contribution in [0.15, 0.2) is 48.5 Å². The molecule has 4 heteroatoms. The molecular weight excluding hydrogens is 264 g/mol. The van der Waals surface area contributed by atoms with Gasteiger partial charge >= 0.3 is 0 Å². The first-order valence-corrected chi connectivity index (χ1v) is 6.95. The molecule has 0 fully saturated rings. The molecule has 0 heterocycles. The molecule has 0 spiro atoms. The van der Waals surface area contributed by atoms with Crippen LogP contribution in [-0.2, 0) is 0 Å². The van der Waals surface area contributed by atoms with Gasteiger partial charge in [-0.25, -0.2) is 0 Å². The average molecular weight is 284 g/mol. The molecule has 1 unspecified atom stereocenters. The van der Waals surface area contributed by atoms with Crippen molar-refractivity contribution >= 4 is 11.6 Å². The third-order valence-electron chi connectivity index (χ3n) is 3.40. The summed E-state index contributed by atoms with van der Waals surface area (Å²) in [6, 6.07) is 14.5. The lowest BCUT2D eigenvalue weighted by Crippen LogP contribution is -2.28. The quantitative estimate of drug-likeness (QED) is 0.829. The van der Waals surface area contributed by atoms with Crippen LogP contribution in [0.25, 0.3) is 0 Å². The van der Waals surface area contributed by atoms with Crippen LogP contribution in [0.4, 0.5) is 5.69 Å². The lowest BCUT2D eigenvalue weighted by molar-refractivity contribution is 0.0935. The van der Waals surface area contributed by atoms with Crippen molar-refractivity contribution in [3.8, 4) is 5.75 Å². The third-order valence-corrected chi connectivity index (χ3v) is 3.40. The second-order valence-electron chi connectivity index (χ2n) is 4.80. The number of carbonyl (C=O) groups excluding carboxylic acids is 1. The number of rotatable bonds is 5. The Morgan fingerprint density at radius 2 is 1.86 bits per heavy atom. The lowest BCUT2D eigenvalue weighted by atomic mass is 10.0. The van der Waals surface area contributed by atoms with E-state index < -0.39 is 0 Å². The van der Waals surface area contributed by atoms with E-state index in [1.807, 2.05) is 31.2 Å². The Kier molecular flexibility index (Phi) is 4.82. The molecule has 1 amide bonds. The van der Waals surface area contributed by atoms with Crippen molar-refractivity contribution in [2.75, 3.05) is 12.8 Å². The Hall–Kier alpha value is -2.49. The van der Waals surface area contributed by atoms with E-state index in [-0.39, 0.29) is 11.9 Å². The fourth-order valence-corrected chi connectivity index (χ4v) is 2.23. The van der Waals surface area contributed by atoms with Crippen LogP contribution < -0.4 is 15.8 Å². The van der Waals surface area contributed by atoms with E-state index in [2.05, 4.69) is 5.32 Å². The van der Waals surface area contributed by atoms with E-state index in [1.54, 1.807) is 31.4 Å². The van der Waals surface area contributed by atoms with Gasteiger partial charge in [0.15, 0.2) is 0 Å². The maximum atomic E-state index is 12.3. The molecule has 1 atom stereocenters. The monoisotopic (exact) mass is 284 g/mol. The number of ether oxygens (including phenoxy) is 1. The molecule has 2 aromatic carbocycles. The van der Waals surface area contributed by atoms with Crippen molar-refractivity contribution in [2.45, 2.75) is 19.4 Å². The summed E-state index contributed by atoms with van der Waals surface area (Å²) in [5.74, 6) is 0.662. The van der Waals surface area contributed by atoms with Crippen LogP contribution in [0.3, 0.4) is 0 Å². The zero-order valence-corrected chi connectivity index (χ0v) is 12.3. The summed E-state index contributed by atoms with van der Waals surface area (Å²) in [5, 5.41) is 3.03. The summed E-state index contributed by atoms with van der Waals surface area (Å²) >= 11 is 0. The van der Waals surface area contributed by atoms with Crippen LogP contribution in [-0.4, -0.2) is 13.0 Å². The molecular formula is C17H20N2O2. The second kappa shape index (κ2) is 6.79. The van der Waals surface area contributed by atoms with E-state index in [9.17, 15) is 4.79 Å². The zero-order valence-electron chi connectivity index (χ0n) is 12.3. The van der Waals surface area contributed by atoms with Crippen molar-refractivity contribution in [1.82, 2.24) is 5.32 Å². The number of benzene rings is 2. The number of amides is 1. The standard InChI is InChI=1S/C17H20N2O2/c1-3-15(14-6-4-5-7-16(14)21-2)19-17(20)12-8-10-13(18)11-9-12/h4-11,15H,3,18H2,1-2H3,(H,19,20). The highest BCUT2D eigenvalue weighted by atomic mass is 16.5. The van der Waals surface area contributed by atoms with Crippen LogP contribution in [0.1, 0.15) is 35.3 Å². The Balaban J connectivity index is 2.19. The fourth-order valence-electron chi connectivity index (χ4n) is 2.23. The number of nitrogen functional groups attached to an aromatic ring is 1. The van der Waals surface area contributed by atoms with E-state index in [0.717, 1.165) is 17.7 Å². The normalized spacial score (nSPS) is 11.7. The molecule has 0 aromatic heterocycles. The summed E-state index contributed by atoms with van der Waals surface area (Å²) in [4.78, 5) is 12.3. The first-order valence-electron chi connectivity index (χ1n) is 6.95. The lowest BCUT2D eigenvalue weighted by Gasteiger charge is -2.20. The van der Waals surface area contributed by atoms with Crippen LogP contribution in [0.2, 0.25) is 0 Å². The van der Waals surface area contributed by atoms with Crippen molar-refractivity contribution in [3.63, 3.8) is 0 Å². The number of nitrogens with two attached hydrogens (primary N) is 1. The highest BCUT2D eigenvalue weighted by molar-refractivity contribution is 5.94. The number of para-hydroxylation sites is 1. The molecule has 2 rings (SSSR count). The molecule has 0 aliphatic rings. The smallest absolute Gasteiger partial charge is 0.251 e. The maximum Gasteiger partial charge on any atom is 0.251 e. The van der Waals surface area contributed by atoms with Crippen molar-refractivity contribution < 1.29 is 9.53 Å². The van der Waals surface area contributed by atoms with Gasteiger partial charge < -0.3 is 15.8 Å². The summed E-state index contributed by atoms with van der Waals surface area (Å²) in [5.41, 5.74) is 7.85. The molecule has 2 aromatic rings. The molecule has 0 aliphatic carbocycles. The minimum absolute atomic E-state index is 0.0915. The number of hydrogen-bond donors (Lipinski definition) is 2. The van der Waals surface area contributed by atoms with E-state index in [1.165, 1.54) is 0 Å². The SMILES string of the molecule is CCC(NC(=O)c1ccc(N)cc1)c1ccccc1OC. The first kappa shape index (κ1) is 14.9. The van der Waals surface area contributed by atoms with Gasteiger partial charge in [-0.1, -0.05) is 25.1 Å². The minimum Gasteiger partial charge on any atom is -0.496 e. The largest absolute Gasteiger partial charge is 0.496 e. The Labute approximate surface area is 124 Å². The number of methoxy groups -OCH3 is 1. The summed E-state index contributed by atoms with van der Waals surface area (Å²) < 4.78 is 5.36. The highest BCUT2D eigenvalue weighted by Crippen LogP contribution is 2.27. The average Bonchev–Trinajstić information content (AvgIpc) is 2.53. The predicted octanol–water partition coefficient (Wildman–Crippen LogP) is 3.16. The molecule has 110 valence electrons. The Morgan fingerprint density at radius 1 is 1.19 bits per heavy atom. The van der Waals surface area contributed by atoms with E-state index in [4.69, 9.17) is 10.5 Å². The molecule has 3 N–H and O–H groups in total. The molecule has 0 radical (unpaired) electrons. The van der Waals surface area contributed by atoms with Gasteiger partial charge in [-0.05, 0) is 36.8 Å². The molecule has 0 saturated heterocycles. The molecule has 4 nitrogen and oxygen atoms in total. The van der Waals surface area contributed by atoms with Gasteiger partial charge in [0, 0.05) is 16.8 Å². The molecule has 0 saturated carbocycles. The zero-order chi connectivity index (χ0) is 15.2. The predicted molar refractivity (Wildman–Crippen MR) is 84.3 cm³/mol.